The second kappa shape index (κ2) is 4.10. The number of hydrazine groups is 1. The molecule has 2 aliphatic heterocycles. The summed E-state index contributed by atoms with van der Waals surface area (Å²) in [6, 6.07) is 8.62. The quantitative estimate of drug-likeness (QED) is 0.812. The molecule has 0 aliphatic carbocycles. The van der Waals surface area contributed by atoms with Crippen LogP contribution in [0.25, 0.3) is 0 Å². The van der Waals surface area contributed by atoms with Gasteiger partial charge in [0.1, 0.15) is 0 Å². The summed E-state index contributed by atoms with van der Waals surface area (Å²) in [4.78, 5) is 4.18. The van der Waals surface area contributed by atoms with Crippen LogP contribution in [-0.4, -0.2) is 17.8 Å². The highest BCUT2D eigenvalue weighted by Gasteiger charge is 2.18. The standard InChI is InChI=1S/C13H15N3/c1-2-4-12-10-16(9-11(12)3-1)15-13-5-7-14-8-6-13/h1-5,7,15H,6,8-10H2. The van der Waals surface area contributed by atoms with E-state index in [-0.39, 0.29) is 0 Å². The molecule has 2 heterocycles. The van der Waals surface area contributed by atoms with Gasteiger partial charge in [0.15, 0.2) is 0 Å². The fraction of sp³-hybridized carbons (Fsp3) is 0.308. The molecule has 2 aliphatic rings. The highest BCUT2D eigenvalue weighted by atomic mass is 15.5. The van der Waals surface area contributed by atoms with E-state index in [1.165, 1.54) is 16.8 Å². The third-order valence-corrected chi connectivity index (χ3v) is 3.03. The maximum absolute atomic E-state index is 4.18. The molecule has 1 N–H and O–H groups in total. The highest BCUT2D eigenvalue weighted by molar-refractivity contribution is 5.72. The van der Waals surface area contributed by atoms with E-state index in [2.05, 4.69) is 45.8 Å². The van der Waals surface area contributed by atoms with Crippen LogP contribution in [0.5, 0.6) is 0 Å². The predicted molar refractivity (Wildman–Crippen MR) is 64.9 cm³/mol. The Kier molecular flexibility index (Phi) is 2.46. The Morgan fingerprint density at radius 1 is 1.12 bits per heavy atom. The molecule has 3 heteroatoms. The lowest BCUT2D eigenvalue weighted by molar-refractivity contribution is 0.213. The SMILES string of the molecule is C1=NCCC(NN2Cc3ccccc3C2)=C1. The van der Waals surface area contributed by atoms with Gasteiger partial charge in [-0.2, -0.15) is 0 Å². The molecule has 0 saturated heterocycles. The van der Waals surface area contributed by atoms with Crippen molar-refractivity contribution < 1.29 is 0 Å². The maximum atomic E-state index is 4.18. The van der Waals surface area contributed by atoms with Crippen molar-refractivity contribution in [3.05, 3.63) is 47.2 Å². The molecule has 0 bridgehead atoms. The third-order valence-electron chi connectivity index (χ3n) is 3.03. The van der Waals surface area contributed by atoms with E-state index in [1.54, 1.807) is 0 Å². The average molecular weight is 213 g/mol. The lowest BCUT2D eigenvalue weighted by Gasteiger charge is -2.21. The first kappa shape index (κ1) is 9.60. The van der Waals surface area contributed by atoms with Crippen molar-refractivity contribution in [3.63, 3.8) is 0 Å². The van der Waals surface area contributed by atoms with Crippen LogP contribution < -0.4 is 5.43 Å². The van der Waals surface area contributed by atoms with Crippen LogP contribution in [0.2, 0.25) is 0 Å². The molecule has 0 fully saturated rings. The van der Waals surface area contributed by atoms with Gasteiger partial charge in [-0.25, -0.2) is 5.01 Å². The summed E-state index contributed by atoms with van der Waals surface area (Å²) in [6.45, 7) is 2.88. The number of dihydropyridines is 1. The Balaban J connectivity index is 1.68. The number of nitrogens with one attached hydrogen (secondary N) is 1. The number of nitrogens with zero attached hydrogens (tertiary/aromatic N) is 2. The van der Waals surface area contributed by atoms with Crippen LogP contribution in [0.4, 0.5) is 0 Å². The van der Waals surface area contributed by atoms with E-state index < -0.39 is 0 Å². The number of fused-ring (bicyclic) bond motifs is 1. The van der Waals surface area contributed by atoms with E-state index >= 15 is 0 Å². The second-order valence-electron chi connectivity index (χ2n) is 4.23. The van der Waals surface area contributed by atoms with Gasteiger partial charge < -0.3 is 5.43 Å². The Hall–Kier alpha value is -1.61. The van der Waals surface area contributed by atoms with Gasteiger partial charge in [0.2, 0.25) is 0 Å². The maximum Gasteiger partial charge on any atom is 0.0444 e. The van der Waals surface area contributed by atoms with E-state index in [0.29, 0.717) is 0 Å². The Morgan fingerprint density at radius 2 is 1.88 bits per heavy atom. The lowest BCUT2D eigenvalue weighted by atomic mass is 10.1. The molecular formula is C13H15N3. The Bertz CT molecular complexity index is 423. The van der Waals surface area contributed by atoms with Gasteiger partial charge in [0.05, 0.1) is 0 Å². The van der Waals surface area contributed by atoms with Gasteiger partial charge in [0, 0.05) is 38.0 Å². The fourth-order valence-electron chi connectivity index (χ4n) is 2.19. The number of hydrogen-bond acceptors (Lipinski definition) is 3. The van der Waals surface area contributed by atoms with Gasteiger partial charge in [-0.15, -0.1) is 0 Å². The number of benzene rings is 1. The third kappa shape index (κ3) is 1.86. The highest BCUT2D eigenvalue weighted by Crippen LogP contribution is 2.21. The van der Waals surface area contributed by atoms with Crippen molar-refractivity contribution in [2.75, 3.05) is 6.54 Å². The molecule has 16 heavy (non-hydrogen) atoms. The summed E-state index contributed by atoms with van der Waals surface area (Å²) < 4.78 is 0. The van der Waals surface area contributed by atoms with Crippen LogP contribution in [0.15, 0.2) is 41.0 Å². The van der Waals surface area contributed by atoms with Crippen molar-refractivity contribution in [2.45, 2.75) is 19.5 Å². The van der Waals surface area contributed by atoms with E-state index in [0.717, 1.165) is 26.1 Å². The smallest absolute Gasteiger partial charge is 0.0444 e. The van der Waals surface area contributed by atoms with E-state index in [9.17, 15) is 0 Å². The largest absolute Gasteiger partial charge is 0.322 e. The summed E-state index contributed by atoms with van der Waals surface area (Å²) >= 11 is 0. The average Bonchev–Trinajstić information content (AvgIpc) is 2.72. The Labute approximate surface area is 95.5 Å². The predicted octanol–water partition coefficient (Wildman–Crippen LogP) is 1.87. The van der Waals surface area contributed by atoms with Gasteiger partial charge in [-0.05, 0) is 17.2 Å². The summed E-state index contributed by atoms with van der Waals surface area (Å²) in [5.41, 5.74) is 7.60. The first-order valence-corrected chi connectivity index (χ1v) is 5.69. The van der Waals surface area contributed by atoms with E-state index in [1.807, 2.05) is 6.21 Å². The molecule has 3 nitrogen and oxygen atoms in total. The monoisotopic (exact) mass is 213 g/mol. The molecule has 3 rings (SSSR count). The summed E-state index contributed by atoms with van der Waals surface area (Å²) in [7, 11) is 0. The number of hydrogen-bond donors (Lipinski definition) is 1. The van der Waals surface area contributed by atoms with Gasteiger partial charge >= 0.3 is 0 Å². The molecule has 0 atom stereocenters. The summed E-state index contributed by atoms with van der Waals surface area (Å²) in [6.07, 6.45) is 4.96. The zero-order chi connectivity index (χ0) is 10.8. The van der Waals surface area contributed by atoms with Crippen molar-refractivity contribution in [2.24, 2.45) is 4.99 Å². The van der Waals surface area contributed by atoms with Gasteiger partial charge in [-0.3, -0.25) is 4.99 Å². The minimum absolute atomic E-state index is 0.902. The second-order valence-corrected chi connectivity index (χ2v) is 4.23. The molecule has 0 amide bonds. The first-order valence-electron chi connectivity index (χ1n) is 5.69. The van der Waals surface area contributed by atoms with Gasteiger partial charge in [-0.1, -0.05) is 24.3 Å². The molecule has 0 unspecified atom stereocenters. The minimum Gasteiger partial charge on any atom is -0.322 e. The molecule has 0 spiro atoms. The van der Waals surface area contributed by atoms with Crippen LogP contribution in [-0.2, 0) is 13.1 Å². The zero-order valence-electron chi connectivity index (χ0n) is 9.19. The van der Waals surface area contributed by atoms with E-state index in [4.69, 9.17) is 0 Å². The fourth-order valence-corrected chi connectivity index (χ4v) is 2.19. The molecular weight excluding hydrogens is 198 g/mol. The topological polar surface area (TPSA) is 27.6 Å². The van der Waals surface area contributed by atoms with Gasteiger partial charge in [0.25, 0.3) is 0 Å². The molecule has 0 radical (unpaired) electrons. The van der Waals surface area contributed by atoms with Crippen molar-refractivity contribution in [1.29, 1.82) is 0 Å². The molecule has 82 valence electrons. The Morgan fingerprint density at radius 3 is 2.50 bits per heavy atom. The summed E-state index contributed by atoms with van der Waals surface area (Å²) in [5.74, 6) is 0. The van der Waals surface area contributed by atoms with Crippen LogP contribution >= 0.6 is 0 Å². The lowest BCUT2D eigenvalue weighted by Crippen LogP contribution is -2.33. The van der Waals surface area contributed by atoms with Crippen molar-refractivity contribution in [1.82, 2.24) is 10.4 Å². The normalized spacial score (nSPS) is 19.4. The summed E-state index contributed by atoms with van der Waals surface area (Å²) in [5, 5.41) is 2.26. The van der Waals surface area contributed by atoms with Crippen molar-refractivity contribution >= 4 is 6.21 Å². The molecule has 1 aromatic rings. The number of rotatable bonds is 2. The minimum atomic E-state index is 0.902. The number of aliphatic imine (C=N–C) groups is 1. The molecule has 1 aromatic carbocycles. The molecule has 0 aromatic heterocycles. The molecule has 0 saturated carbocycles. The number of allylic oxidation sites excluding steroid dienone is 1. The van der Waals surface area contributed by atoms with Crippen LogP contribution in [0.3, 0.4) is 0 Å². The van der Waals surface area contributed by atoms with Crippen molar-refractivity contribution in [3.8, 4) is 0 Å². The van der Waals surface area contributed by atoms with Crippen LogP contribution in [0.1, 0.15) is 17.5 Å². The first-order chi connectivity index (χ1) is 7.92. The van der Waals surface area contributed by atoms with Crippen LogP contribution in [0, 0.1) is 0 Å². The zero-order valence-corrected chi connectivity index (χ0v) is 9.19.